The molecule has 0 fully saturated rings. The van der Waals surface area contributed by atoms with Gasteiger partial charge in [0.2, 0.25) is 0 Å². The monoisotopic (exact) mass is 251 g/mol. The molecule has 0 saturated heterocycles. The Bertz CT molecular complexity index is 275. The first-order valence-corrected chi connectivity index (χ1v) is 4.42. The zero-order chi connectivity index (χ0) is 9.30. The molecule has 0 aromatic heterocycles. The molecular weight excluding hydrogens is 245 g/mol. The molecule has 5 heteroatoms. The fraction of sp³-hybridized carbons (Fsp3) is 0.286. The number of hydrogen-bond donors (Lipinski definition) is 2. The summed E-state index contributed by atoms with van der Waals surface area (Å²) < 4.78 is 0.613. The number of carbonyl (C=O) groups is 1. The normalized spacial score (nSPS) is 29.2. The largest absolute Gasteiger partial charge is 0.481 e. The van der Waals surface area contributed by atoms with Crippen LogP contribution in [0.5, 0.6) is 0 Å². The van der Waals surface area contributed by atoms with Crippen molar-refractivity contribution in [3.63, 3.8) is 0 Å². The SMILES string of the molecule is NC1C(Br)=CC(Cl)=CC1C(=O)O. The Kier molecular flexibility index (Phi) is 2.93. The van der Waals surface area contributed by atoms with E-state index in [1.54, 1.807) is 6.08 Å². The molecule has 0 bridgehead atoms. The summed E-state index contributed by atoms with van der Waals surface area (Å²) in [6, 6.07) is -0.537. The van der Waals surface area contributed by atoms with Crippen LogP contribution in [0.15, 0.2) is 21.7 Å². The van der Waals surface area contributed by atoms with Crippen molar-refractivity contribution in [2.75, 3.05) is 0 Å². The fourth-order valence-corrected chi connectivity index (χ4v) is 1.86. The van der Waals surface area contributed by atoms with Crippen LogP contribution in [-0.4, -0.2) is 17.1 Å². The molecule has 1 aliphatic carbocycles. The van der Waals surface area contributed by atoms with E-state index in [1.807, 2.05) is 0 Å². The summed E-state index contributed by atoms with van der Waals surface area (Å²) in [7, 11) is 0. The van der Waals surface area contributed by atoms with E-state index >= 15 is 0 Å². The van der Waals surface area contributed by atoms with Gasteiger partial charge in [-0.1, -0.05) is 27.5 Å². The van der Waals surface area contributed by atoms with Crippen LogP contribution >= 0.6 is 27.5 Å². The van der Waals surface area contributed by atoms with Crippen LogP contribution in [0.4, 0.5) is 0 Å². The van der Waals surface area contributed by atoms with Gasteiger partial charge in [-0.25, -0.2) is 0 Å². The quantitative estimate of drug-likeness (QED) is 0.742. The molecular formula is C7H7BrClNO2. The topological polar surface area (TPSA) is 63.3 Å². The molecule has 0 amide bonds. The maximum absolute atomic E-state index is 10.6. The van der Waals surface area contributed by atoms with E-state index in [-0.39, 0.29) is 0 Å². The predicted octanol–water partition coefficient (Wildman–Crippen LogP) is 1.43. The minimum atomic E-state index is -0.967. The molecule has 0 aromatic rings. The van der Waals surface area contributed by atoms with E-state index in [4.69, 9.17) is 22.4 Å². The standard InChI is InChI=1S/C7H7BrClNO2/c8-5-2-3(9)1-4(6(5)10)7(11)12/h1-2,4,6H,10H2,(H,11,12). The lowest BCUT2D eigenvalue weighted by Gasteiger charge is -2.20. The van der Waals surface area contributed by atoms with Gasteiger partial charge in [0.15, 0.2) is 0 Å². The number of carboxylic acids is 1. The summed E-state index contributed by atoms with van der Waals surface area (Å²) in [4.78, 5) is 10.6. The first-order chi connectivity index (χ1) is 5.52. The van der Waals surface area contributed by atoms with Gasteiger partial charge < -0.3 is 10.8 Å². The van der Waals surface area contributed by atoms with Crippen molar-refractivity contribution < 1.29 is 9.90 Å². The number of rotatable bonds is 1. The minimum Gasteiger partial charge on any atom is -0.481 e. The van der Waals surface area contributed by atoms with Gasteiger partial charge in [0.25, 0.3) is 0 Å². The van der Waals surface area contributed by atoms with Gasteiger partial charge in [-0.3, -0.25) is 4.79 Å². The summed E-state index contributed by atoms with van der Waals surface area (Å²) in [6.45, 7) is 0. The van der Waals surface area contributed by atoms with E-state index < -0.39 is 17.9 Å². The Labute approximate surface area is 83.0 Å². The summed E-state index contributed by atoms with van der Waals surface area (Å²) in [5, 5.41) is 9.11. The highest BCUT2D eigenvalue weighted by Gasteiger charge is 2.28. The van der Waals surface area contributed by atoms with Gasteiger partial charge in [0.05, 0.1) is 12.0 Å². The van der Waals surface area contributed by atoms with Crippen molar-refractivity contribution in [1.82, 2.24) is 0 Å². The Morgan fingerprint density at radius 1 is 1.75 bits per heavy atom. The number of halogens is 2. The minimum absolute atomic E-state index is 0.399. The number of aliphatic carboxylic acids is 1. The van der Waals surface area contributed by atoms with E-state index in [2.05, 4.69) is 15.9 Å². The average molecular weight is 252 g/mol. The molecule has 3 nitrogen and oxygen atoms in total. The number of nitrogens with two attached hydrogens (primary N) is 1. The van der Waals surface area contributed by atoms with Crippen LogP contribution in [0.3, 0.4) is 0 Å². The Balaban J connectivity index is 2.94. The molecule has 0 heterocycles. The number of carboxylic acid groups (broad SMARTS) is 1. The summed E-state index contributed by atoms with van der Waals surface area (Å²) in [5.41, 5.74) is 5.59. The molecule has 0 saturated carbocycles. The molecule has 2 atom stereocenters. The third-order valence-corrected chi connectivity index (χ3v) is 2.60. The van der Waals surface area contributed by atoms with Crippen molar-refractivity contribution in [3.8, 4) is 0 Å². The van der Waals surface area contributed by atoms with Crippen LogP contribution in [0.25, 0.3) is 0 Å². The lowest BCUT2D eigenvalue weighted by Crippen LogP contribution is -2.36. The number of allylic oxidation sites excluding steroid dienone is 2. The van der Waals surface area contributed by atoms with Gasteiger partial charge in [0.1, 0.15) is 0 Å². The van der Waals surface area contributed by atoms with E-state index in [1.165, 1.54) is 6.08 Å². The summed E-state index contributed by atoms with van der Waals surface area (Å²) >= 11 is 8.80. The summed E-state index contributed by atoms with van der Waals surface area (Å²) in [6.07, 6.45) is 3.03. The van der Waals surface area contributed by atoms with E-state index in [0.717, 1.165) is 0 Å². The van der Waals surface area contributed by atoms with Crippen molar-refractivity contribution >= 4 is 33.5 Å². The zero-order valence-corrected chi connectivity index (χ0v) is 8.34. The Morgan fingerprint density at radius 2 is 2.33 bits per heavy atom. The maximum Gasteiger partial charge on any atom is 0.312 e. The van der Waals surface area contributed by atoms with Crippen LogP contribution in [-0.2, 0) is 4.79 Å². The van der Waals surface area contributed by atoms with Gasteiger partial charge >= 0.3 is 5.97 Å². The second-order valence-corrected chi connectivity index (χ2v) is 3.82. The second kappa shape index (κ2) is 3.60. The molecule has 1 aliphatic rings. The molecule has 0 spiro atoms. The highest BCUT2D eigenvalue weighted by Crippen LogP contribution is 2.27. The van der Waals surface area contributed by atoms with Crippen molar-refractivity contribution in [2.45, 2.75) is 6.04 Å². The Hall–Kier alpha value is -0.320. The second-order valence-electron chi connectivity index (χ2n) is 2.47. The molecule has 2 unspecified atom stereocenters. The van der Waals surface area contributed by atoms with E-state index in [9.17, 15) is 4.79 Å². The molecule has 0 aliphatic heterocycles. The van der Waals surface area contributed by atoms with Gasteiger partial charge in [-0.2, -0.15) is 0 Å². The predicted molar refractivity (Wildman–Crippen MR) is 50.0 cm³/mol. The van der Waals surface area contributed by atoms with Gasteiger partial charge in [0, 0.05) is 9.51 Å². The van der Waals surface area contributed by atoms with E-state index in [0.29, 0.717) is 9.51 Å². The lowest BCUT2D eigenvalue weighted by atomic mass is 9.96. The maximum atomic E-state index is 10.6. The van der Waals surface area contributed by atoms with Crippen LogP contribution in [0, 0.1) is 5.92 Å². The van der Waals surface area contributed by atoms with Crippen molar-refractivity contribution in [1.29, 1.82) is 0 Å². The average Bonchev–Trinajstić information content (AvgIpc) is 1.96. The van der Waals surface area contributed by atoms with Gasteiger partial charge in [-0.05, 0) is 12.2 Å². The third kappa shape index (κ3) is 1.88. The van der Waals surface area contributed by atoms with Crippen LogP contribution in [0.2, 0.25) is 0 Å². The first-order valence-electron chi connectivity index (χ1n) is 3.25. The highest BCUT2D eigenvalue weighted by atomic mass is 79.9. The summed E-state index contributed by atoms with van der Waals surface area (Å²) in [5.74, 6) is -1.71. The smallest absolute Gasteiger partial charge is 0.312 e. The first kappa shape index (κ1) is 9.77. The molecule has 3 N–H and O–H groups in total. The number of hydrogen-bond acceptors (Lipinski definition) is 2. The fourth-order valence-electron chi connectivity index (χ4n) is 0.948. The molecule has 12 heavy (non-hydrogen) atoms. The van der Waals surface area contributed by atoms with Gasteiger partial charge in [-0.15, -0.1) is 0 Å². The molecule has 66 valence electrons. The molecule has 0 radical (unpaired) electrons. The van der Waals surface area contributed by atoms with Crippen molar-refractivity contribution in [2.24, 2.45) is 11.7 Å². The Morgan fingerprint density at radius 3 is 2.83 bits per heavy atom. The molecule has 1 rings (SSSR count). The lowest BCUT2D eigenvalue weighted by molar-refractivity contribution is -0.140. The van der Waals surface area contributed by atoms with Crippen LogP contribution < -0.4 is 5.73 Å². The van der Waals surface area contributed by atoms with Crippen molar-refractivity contribution in [3.05, 3.63) is 21.7 Å². The third-order valence-electron chi connectivity index (χ3n) is 1.61. The van der Waals surface area contributed by atoms with Crippen LogP contribution in [0.1, 0.15) is 0 Å². The zero-order valence-electron chi connectivity index (χ0n) is 6.00. The molecule has 0 aromatic carbocycles. The highest BCUT2D eigenvalue weighted by molar-refractivity contribution is 9.11.